The second-order valence-electron chi connectivity index (χ2n) is 2.76. The Balaban J connectivity index is 2.96. The lowest BCUT2D eigenvalue weighted by Crippen LogP contribution is -2.14. The molecular formula is C8H14N4O. The average Bonchev–Trinajstić information content (AvgIpc) is 2.03. The number of anilines is 2. The Morgan fingerprint density at radius 1 is 1.46 bits per heavy atom. The molecule has 13 heavy (non-hydrogen) atoms. The minimum Gasteiger partial charge on any atom is -0.478 e. The van der Waals surface area contributed by atoms with Gasteiger partial charge in [0.15, 0.2) is 0 Å². The number of hydrogen-bond donors (Lipinski definition) is 1. The van der Waals surface area contributed by atoms with Crippen molar-refractivity contribution in [2.24, 2.45) is 0 Å². The van der Waals surface area contributed by atoms with Crippen molar-refractivity contribution in [3.05, 3.63) is 6.07 Å². The molecule has 0 amide bonds. The minimum atomic E-state index is 0.419. The minimum absolute atomic E-state index is 0.419. The van der Waals surface area contributed by atoms with Crippen LogP contribution in [0.4, 0.5) is 11.8 Å². The van der Waals surface area contributed by atoms with Crippen molar-refractivity contribution in [2.45, 2.75) is 6.92 Å². The van der Waals surface area contributed by atoms with Crippen LogP contribution in [0.5, 0.6) is 5.88 Å². The van der Waals surface area contributed by atoms with Crippen LogP contribution in [0, 0.1) is 0 Å². The maximum Gasteiger partial charge on any atom is 0.230 e. The molecule has 0 bridgehead atoms. The van der Waals surface area contributed by atoms with Gasteiger partial charge >= 0.3 is 0 Å². The summed E-state index contributed by atoms with van der Waals surface area (Å²) in [5.74, 6) is 1.49. The molecule has 1 heterocycles. The Kier molecular flexibility index (Phi) is 2.89. The van der Waals surface area contributed by atoms with E-state index in [-0.39, 0.29) is 0 Å². The summed E-state index contributed by atoms with van der Waals surface area (Å²) in [7, 11) is 3.70. The molecule has 1 aromatic rings. The normalized spacial score (nSPS) is 9.77. The maximum atomic E-state index is 5.57. The lowest BCUT2D eigenvalue weighted by molar-refractivity contribution is 0.326. The van der Waals surface area contributed by atoms with Crippen molar-refractivity contribution in [1.82, 2.24) is 9.97 Å². The molecule has 0 aliphatic heterocycles. The fourth-order valence-corrected chi connectivity index (χ4v) is 0.852. The van der Waals surface area contributed by atoms with E-state index in [0.29, 0.717) is 24.3 Å². The van der Waals surface area contributed by atoms with Gasteiger partial charge in [0.25, 0.3) is 0 Å². The molecule has 72 valence electrons. The summed E-state index contributed by atoms with van der Waals surface area (Å²) in [6, 6.07) is 1.61. The van der Waals surface area contributed by atoms with E-state index < -0.39 is 0 Å². The van der Waals surface area contributed by atoms with Crippen molar-refractivity contribution in [2.75, 3.05) is 31.3 Å². The molecule has 0 aliphatic rings. The van der Waals surface area contributed by atoms with Crippen molar-refractivity contribution in [3.8, 4) is 5.88 Å². The largest absolute Gasteiger partial charge is 0.478 e. The third-order valence-corrected chi connectivity index (χ3v) is 1.40. The lowest BCUT2D eigenvalue weighted by Gasteiger charge is -2.11. The van der Waals surface area contributed by atoms with Gasteiger partial charge in [0.2, 0.25) is 11.8 Å². The predicted molar refractivity (Wildman–Crippen MR) is 51.9 cm³/mol. The molecule has 0 saturated heterocycles. The summed E-state index contributed by atoms with van der Waals surface area (Å²) in [6.07, 6.45) is 0. The number of nitrogens with two attached hydrogens (primary N) is 1. The van der Waals surface area contributed by atoms with Gasteiger partial charge in [-0.05, 0) is 6.92 Å². The number of rotatable bonds is 3. The Morgan fingerprint density at radius 2 is 2.15 bits per heavy atom. The first-order chi connectivity index (χ1) is 6.13. The van der Waals surface area contributed by atoms with Crippen molar-refractivity contribution in [1.29, 1.82) is 0 Å². The molecular weight excluding hydrogens is 168 g/mol. The third kappa shape index (κ3) is 2.47. The van der Waals surface area contributed by atoms with Crippen molar-refractivity contribution < 1.29 is 4.74 Å². The van der Waals surface area contributed by atoms with E-state index in [1.807, 2.05) is 21.0 Å². The molecule has 0 saturated carbocycles. The molecule has 0 fully saturated rings. The Labute approximate surface area is 77.5 Å². The SMILES string of the molecule is CCOc1cc(N)nc(N(C)C)n1. The zero-order valence-corrected chi connectivity index (χ0v) is 8.11. The standard InChI is InChI=1S/C8H14N4O/c1-4-13-7-5-6(9)10-8(11-7)12(2)3/h5H,4H2,1-3H3,(H2,9,10,11). The molecule has 2 N–H and O–H groups in total. The maximum absolute atomic E-state index is 5.57. The first-order valence-corrected chi connectivity index (χ1v) is 4.08. The summed E-state index contributed by atoms with van der Waals surface area (Å²) < 4.78 is 5.22. The van der Waals surface area contributed by atoms with Gasteiger partial charge in [-0.15, -0.1) is 0 Å². The molecule has 1 rings (SSSR count). The van der Waals surface area contributed by atoms with E-state index in [4.69, 9.17) is 10.5 Å². The third-order valence-electron chi connectivity index (χ3n) is 1.40. The Hall–Kier alpha value is -1.52. The van der Waals surface area contributed by atoms with E-state index in [0.717, 1.165) is 0 Å². The van der Waals surface area contributed by atoms with Crippen LogP contribution in [0.15, 0.2) is 6.07 Å². The smallest absolute Gasteiger partial charge is 0.230 e. The fraction of sp³-hybridized carbons (Fsp3) is 0.500. The monoisotopic (exact) mass is 182 g/mol. The van der Waals surface area contributed by atoms with Crippen LogP contribution in [-0.2, 0) is 0 Å². The highest BCUT2D eigenvalue weighted by Crippen LogP contribution is 2.14. The number of nitrogen functional groups attached to an aromatic ring is 1. The lowest BCUT2D eigenvalue weighted by atomic mass is 10.5. The predicted octanol–water partition coefficient (Wildman–Crippen LogP) is 0.523. The zero-order chi connectivity index (χ0) is 9.84. The van der Waals surface area contributed by atoms with Crippen LogP contribution >= 0.6 is 0 Å². The van der Waals surface area contributed by atoms with Gasteiger partial charge in [0.05, 0.1) is 6.61 Å². The van der Waals surface area contributed by atoms with E-state index >= 15 is 0 Å². The van der Waals surface area contributed by atoms with Crippen LogP contribution in [0.2, 0.25) is 0 Å². The molecule has 0 unspecified atom stereocenters. The topological polar surface area (TPSA) is 64.3 Å². The van der Waals surface area contributed by atoms with E-state index in [1.54, 1.807) is 11.0 Å². The molecule has 0 aromatic carbocycles. The highest BCUT2D eigenvalue weighted by atomic mass is 16.5. The summed E-state index contributed by atoms with van der Waals surface area (Å²) in [5, 5.41) is 0. The highest BCUT2D eigenvalue weighted by molar-refractivity contribution is 5.41. The Bertz CT molecular complexity index is 287. The van der Waals surface area contributed by atoms with Crippen LogP contribution in [-0.4, -0.2) is 30.7 Å². The molecule has 0 radical (unpaired) electrons. The van der Waals surface area contributed by atoms with Gasteiger partial charge in [0, 0.05) is 20.2 Å². The second kappa shape index (κ2) is 3.93. The van der Waals surface area contributed by atoms with Gasteiger partial charge in [0.1, 0.15) is 5.82 Å². The van der Waals surface area contributed by atoms with E-state index in [9.17, 15) is 0 Å². The van der Waals surface area contributed by atoms with Crippen LogP contribution in [0.25, 0.3) is 0 Å². The summed E-state index contributed by atoms with van der Waals surface area (Å²) in [6.45, 7) is 2.47. The van der Waals surface area contributed by atoms with E-state index in [1.165, 1.54) is 0 Å². The van der Waals surface area contributed by atoms with Gasteiger partial charge in [-0.3, -0.25) is 0 Å². The van der Waals surface area contributed by atoms with Gasteiger partial charge in [-0.1, -0.05) is 0 Å². The van der Waals surface area contributed by atoms with Crippen molar-refractivity contribution >= 4 is 11.8 Å². The van der Waals surface area contributed by atoms with Crippen LogP contribution in [0.1, 0.15) is 6.92 Å². The molecule has 0 atom stereocenters. The number of hydrogen-bond acceptors (Lipinski definition) is 5. The summed E-state index contributed by atoms with van der Waals surface area (Å²) in [4.78, 5) is 9.94. The first-order valence-electron chi connectivity index (χ1n) is 4.08. The summed E-state index contributed by atoms with van der Waals surface area (Å²) >= 11 is 0. The molecule has 0 spiro atoms. The number of aromatic nitrogens is 2. The highest BCUT2D eigenvalue weighted by Gasteiger charge is 2.04. The van der Waals surface area contributed by atoms with Crippen LogP contribution in [0.3, 0.4) is 0 Å². The zero-order valence-electron chi connectivity index (χ0n) is 8.11. The van der Waals surface area contributed by atoms with Crippen molar-refractivity contribution in [3.63, 3.8) is 0 Å². The molecule has 1 aromatic heterocycles. The van der Waals surface area contributed by atoms with Crippen LogP contribution < -0.4 is 15.4 Å². The quantitative estimate of drug-likeness (QED) is 0.738. The summed E-state index contributed by atoms with van der Waals surface area (Å²) in [5.41, 5.74) is 5.57. The van der Waals surface area contributed by atoms with E-state index in [2.05, 4.69) is 9.97 Å². The Morgan fingerprint density at radius 3 is 2.69 bits per heavy atom. The van der Waals surface area contributed by atoms with Gasteiger partial charge in [-0.25, -0.2) is 0 Å². The number of nitrogens with zero attached hydrogens (tertiary/aromatic N) is 3. The fourth-order valence-electron chi connectivity index (χ4n) is 0.852. The van der Waals surface area contributed by atoms with Gasteiger partial charge < -0.3 is 15.4 Å². The molecule has 5 nitrogen and oxygen atoms in total. The second-order valence-corrected chi connectivity index (χ2v) is 2.76. The average molecular weight is 182 g/mol. The molecule has 0 aliphatic carbocycles. The number of ether oxygens (including phenoxy) is 1. The first kappa shape index (κ1) is 9.57. The van der Waals surface area contributed by atoms with Gasteiger partial charge in [-0.2, -0.15) is 9.97 Å². The molecule has 5 heteroatoms.